The highest BCUT2D eigenvalue weighted by Crippen LogP contribution is 2.43. The standard InChI is InChI=1S/C26H23Cl2N3O2/c1-29-15-23(32)31(16-17-8-3-2-4-9-17)25(19-10-5-6-12-21(19)27)20-14-22(28)18-11-7-13-30-24(18)26(20)33/h2-14,25,29,33H,15-16H2,1H3. The average Bonchev–Trinajstić information content (AvgIpc) is 2.83. The maximum absolute atomic E-state index is 13.4. The summed E-state index contributed by atoms with van der Waals surface area (Å²) in [5.41, 5.74) is 2.46. The van der Waals surface area contributed by atoms with Crippen molar-refractivity contribution in [3.63, 3.8) is 0 Å². The predicted octanol–water partition coefficient (Wildman–Crippen LogP) is 5.58. The first-order valence-electron chi connectivity index (χ1n) is 10.5. The SMILES string of the molecule is CNCC(=O)N(Cc1ccccc1)C(c1ccccc1Cl)c1cc(Cl)c2cccnc2c1O. The molecule has 0 saturated heterocycles. The van der Waals surface area contributed by atoms with Crippen molar-refractivity contribution in [2.75, 3.05) is 13.6 Å². The van der Waals surface area contributed by atoms with E-state index in [-0.39, 0.29) is 18.2 Å². The lowest BCUT2D eigenvalue weighted by Gasteiger charge is -2.34. The molecule has 0 aliphatic carbocycles. The third-order valence-electron chi connectivity index (χ3n) is 5.50. The van der Waals surface area contributed by atoms with Crippen molar-refractivity contribution in [3.8, 4) is 5.75 Å². The molecule has 0 spiro atoms. The Morgan fingerprint density at radius 1 is 1.00 bits per heavy atom. The van der Waals surface area contributed by atoms with E-state index in [1.807, 2.05) is 48.5 Å². The van der Waals surface area contributed by atoms with Gasteiger partial charge in [0.25, 0.3) is 0 Å². The van der Waals surface area contributed by atoms with E-state index >= 15 is 0 Å². The van der Waals surface area contributed by atoms with E-state index in [0.29, 0.717) is 38.6 Å². The van der Waals surface area contributed by atoms with Crippen LogP contribution in [0.3, 0.4) is 0 Å². The monoisotopic (exact) mass is 479 g/mol. The van der Waals surface area contributed by atoms with E-state index in [9.17, 15) is 9.90 Å². The quantitative estimate of drug-likeness (QED) is 0.362. The molecule has 5 nitrogen and oxygen atoms in total. The number of hydrogen-bond acceptors (Lipinski definition) is 4. The highest BCUT2D eigenvalue weighted by atomic mass is 35.5. The van der Waals surface area contributed by atoms with Crippen LogP contribution in [0.5, 0.6) is 5.75 Å². The lowest BCUT2D eigenvalue weighted by molar-refractivity contribution is -0.132. The molecule has 0 aliphatic heterocycles. The molecule has 4 rings (SSSR count). The fourth-order valence-corrected chi connectivity index (χ4v) is 4.48. The van der Waals surface area contributed by atoms with E-state index in [1.54, 1.807) is 42.4 Å². The van der Waals surface area contributed by atoms with Crippen LogP contribution in [0.1, 0.15) is 22.7 Å². The van der Waals surface area contributed by atoms with Gasteiger partial charge in [-0.25, -0.2) is 0 Å². The number of amides is 1. The van der Waals surface area contributed by atoms with Gasteiger partial charge in [-0.05, 0) is 42.4 Å². The van der Waals surface area contributed by atoms with Crippen molar-refractivity contribution in [3.05, 3.63) is 106 Å². The number of fused-ring (bicyclic) bond motifs is 1. The summed E-state index contributed by atoms with van der Waals surface area (Å²) in [7, 11) is 1.72. The smallest absolute Gasteiger partial charge is 0.237 e. The molecule has 33 heavy (non-hydrogen) atoms. The fourth-order valence-electron chi connectivity index (χ4n) is 3.97. The maximum atomic E-state index is 13.4. The van der Waals surface area contributed by atoms with Crippen LogP contribution in [0.25, 0.3) is 10.9 Å². The fraction of sp³-hybridized carbons (Fsp3) is 0.154. The topological polar surface area (TPSA) is 65.5 Å². The molecule has 0 radical (unpaired) electrons. The number of halogens is 2. The molecule has 3 aromatic carbocycles. The molecular formula is C26H23Cl2N3O2. The summed E-state index contributed by atoms with van der Waals surface area (Å²) in [5, 5.41) is 15.8. The van der Waals surface area contributed by atoms with E-state index in [2.05, 4.69) is 10.3 Å². The molecule has 1 aromatic heterocycles. The van der Waals surface area contributed by atoms with Crippen molar-refractivity contribution < 1.29 is 9.90 Å². The lowest BCUT2D eigenvalue weighted by Crippen LogP contribution is -2.40. The van der Waals surface area contributed by atoms with E-state index in [1.165, 1.54) is 0 Å². The number of rotatable bonds is 7. The Balaban J connectivity index is 1.96. The van der Waals surface area contributed by atoms with Gasteiger partial charge in [-0.2, -0.15) is 0 Å². The summed E-state index contributed by atoms with van der Waals surface area (Å²) in [6, 6.07) is 21.6. The second-order valence-corrected chi connectivity index (χ2v) is 8.47. The summed E-state index contributed by atoms with van der Waals surface area (Å²) in [4.78, 5) is 19.4. The zero-order valence-corrected chi connectivity index (χ0v) is 19.5. The Morgan fingerprint density at radius 3 is 2.45 bits per heavy atom. The van der Waals surface area contributed by atoms with Crippen molar-refractivity contribution in [1.82, 2.24) is 15.2 Å². The van der Waals surface area contributed by atoms with Crippen LogP contribution >= 0.6 is 23.2 Å². The van der Waals surface area contributed by atoms with Crippen LogP contribution < -0.4 is 5.32 Å². The van der Waals surface area contributed by atoms with Gasteiger partial charge in [0.2, 0.25) is 5.91 Å². The van der Waals surface area contributed by atoms with Gasteiger partial charge in [-0.15, -0.1) is 0 Å². The number of carbonyl (C=O) groups is 1. The number of hydrogen-bond donors (Lipinski definition) is 2. The molecule has 1 heterocycles. The first-order valence-corrected chi connectivity index (χ1v) is 11.3. The van der Waals surface area contributed by atoms with Crippen molar-refractivity contribution in [2.45, 2.75) is 12.6 Å². The third-order valence-corrected chi connectivity index (χ3v) is 6.15. The molecule has 1 atom stereocenters. The number of nitrogens with one attached hydrogen (secondary N) is 1. The third kappa shape index (κ3) is 4.81. The predicted molar refractivity (Wildman–Crippen MR) is 133 cm³/mol. The number of nitrogens with zero attached hydrogens (tertiary/aromatic N) is 2. The van der Waals surface area contributed by atoms with Crippen LogP contribution in [0.4, 0.5) is 0 Å². The van der Waals surface area contributed by atoms with Gasteiger partial charge in [0.1, 0.15) is 11.3 Å². The molecule has 0 aliphatic rings. The van der Waals surface area contributed by atoms with Gasteiger partial charge in [0.05, 0.1) is 17.6 Å². The minimum Gasteiger partial charge on any atom is -0.505 e. The first kappa shape index (κ1) is 23.1. The number of pyridine rings is 1. The van der Waals surface area contributed by atoms with Crippen LogP contribution in [-0.2, 0) is 11.3 Å². The zero-order chi connectivity index (χ0) is 23.4. The molecule has 4 aromatic rings. The average molecular weight is 480 g/mol. The normalized spacial score (nSPS) is 12.0. The van der Waals surface area contributed by atoms with Crippen LogP contribution in [0.2, 0.25) is 10.0 Å². The van der Waals surface area contributed by atoms with Gasteiger partial charge in [0.15, 0.2) is 0 Å². The highest BCUT2D eigenvalue weighted by molar-refractivity contribution is 6.35. The van der Waals surface area contributed by atoms with Crippen molar-refractivity contribution in [1.29, 1.82) is 0 Å². The summed E-state index contributed by atoms with van der Waals surface area (Å²) < 4.78 is 0. The first-order chi connectivity index (χ1) is 16.0. The van der Waals surface area contributed by atoms with Gasteiger partial charge < -0.3 is 15.3 Å². The summed E-state index contributed by atoms with van der Waals surface area (Å²) in [6.07, 6.45) is 1.60. The van der Waals surface area contributed by atoms with Crippen molar-refractivity contribution in [2.24, 2.45) is 0 Å². The van der Waals surface area contributed by atoms with Gasteiger partial charge in [-0.3, -0.25) is 9.78 Å². The van der Waals surface area contributed by atoms with Gasteiger partial charge in [0, 0.05) is 28.7 Å². The second kappa shape index (κ2) is 10.2. The number of aromatic nitrogens is 1. The van der Waals surface area contributed by atoms with E-state index in [0.717, 1.165) is 5.56 Å². The minimum absolute atomic E-state index is 0.0322. The minimum atomic E-state index is -0.691. The molecule has 2 N–H and O–H groups in total. The summed E-state index contributed by atoms with van der Waals surface area (Å²) in [6.45, 7) is 0.433. The molecule has 1 unspecified atom stereocenters. The number of phenolic OH excluding ortho intramolecular Hbond substituents is 1. The largest absolute Gasteiger partial charge is 0.505 e. The molecule has 7 heteroatoms. The van der Waals surface area contributed by atoms with Crippen LogP contribution in [0, 0.1) is 0 Å². The molecule has 0 saturated carbocycles. The Kier molecular flexibility index (Phi) is 7.14. The molecule has 168 valence electrons. The number of benzene rings is 3. The maximum Gasteiger partial charge on any atom is 0.237 e. The highest BCUT2D eigenvalue weighted by Gasteiger charge is 2.31. The lowest BCUT2D eigenvalue weighted by atomic mass is 9.94. The van der Waals surface area contributed by atoms with Gasteiger partial charge in [-0.1, -0.05) is 71.7 Å². The Hall–Kier alpha value is -3.12. The zero-order valence-electron chi connectivity index (χ0n) is 18.0. The molecule has 0 bridgehead atoms. The summed E-state index contributed by atoms with van der Waals surface area (Å²) in [5.74, 6) is -0.182. The molecular weight excluding hydrogens is 457 g/mol. The second-order valence-electron chi connectivity index (χ2n) is 7.66. The molecule has 1 amide bonds. The number of aromatic hydroxyl groups is 1. The van der Waals surface area contributed by atoms with E-state index < -0.39 is 6.04 Å². The Labute approximate surface area is 202 Å². The Bertz CT molecular complexity index is 1280. The van der Waals surface area contributed by atoms with Crippen molar-refractivity contribution >= 4 is 40.0 Å². The van der Waals surface area contributed by atoms with Crippen LogP contribution in [-0.4, -0.2) is 34.5 Å². The summed E-state index contributed by atoms with van der Waals surface area (Å²) >= 11 is 13.2. The number of carbonyl (C=O) groups excluding carboxylic acids is 1. The number of phenols is 1. The Morgan fingerprint density at radius 2 is 1.73 bits per heavy atom. The van der Waals surface area contributed by atoms with Crippen LogP contribution in [0.15, 0.2) is 79.0 Å². The molecule has 0 fully saturated rings. The van der Waals surface area contributed by atoms with Gasteiger partial charge >= 0.3 is 0 Å². The number of likely N-dealkylation sites (N-methyl/N-ethyl adjacent to an activating group) is 1. The van der Waals surface area contributed by atoms with E-state index in [4.69, 9.17) is 23.2 Å².